The molecule has 0 N–H and O–H groups in total. The second-order valence-electron chi connectivity index (χ2n) is 6.06. The molecule has 2 saturated heterocycles. The smallest absolute Gasteiger partial charge is 0.244 e. The third-order valence-corrected chi connectivity index (χ3v) is 4.80. The zero-order chi connectivity index (χ0) is 15.7. The van der Waals surface area contributed by atoms with Gasteiger partial charge < -0.3 is 9.64 Å². The maximum atomic E-state index is 13.6. The van der Waals surface area contributed by atoms with Gasteiger partial charge in [-0.2, -0.15) is 0 Å². The Morgan fingerprint density at radius 1 is 1.45 bits per heavy atom. The summed E-state index contributed by atoms with van der Waals surface area (Å²) < 4.78 is 19.0. The van der Waals surface area contributed by atoms with Crippen LogP contribution in [0.25, 0.3) is 0 Å². The second kappa shape index (κ2) is 6.52. The van der Waals surface area contributed by atoms with Crippen LogP contribution in [0.1, 0.15) is 12.8 Å². The van der Waals surface area contributed by atoms with Crippen LogP contribution in [0.5, 0.6) is 0 Å². The number of rotatable bonds is 4. The lowest BCUT2D eigenvalue weighted by molar-refractivity contribution is -0.121. The van der Waals surface area contributed by atoms with E-state index in [1.165, 1.54) is 12.1 Å². The van der Waals surface area contributed by atoms with E-state index in [0.717, 1.165) is 32.6 Å². The van der Waals surface area contributed by atoms with Gasteiger partial charge in [0.25, 0.3) is 0 Å². The number of nitrogens with zero attached hydrogens (tertiary/aromatic N) is 2. The molecule has 0 bridgehead atoms. The number of anilines is 1. The first-order chi connectivity index (χ1) is 10.6. The lowest BCUT2D eigenvalue weighted by atomic mass is 10.1. The molecular formula is C16H20ClFN2O2. The van der Waals surface area contributed by atoms with Gasteiger partial charge in [-0.05, 0) is 44.0 Å². The van der Waals surface area contributed by atoms with Crippen molar-refractivity contribution in [2.24, 2.45) is 5.92 Å². The summed E-state index contributed by atoms with van der Waals surface area (Å²) in [5.41, 5.74) is 0.576. The number of carbonyl (C=O) groups is 1. The SMILES string of the molecule is CN(CC1CCOC1)C1CCN(c2ccc(Cl)c(F)c2)C1=O. The van der Waals surface area contributed by atoms with Gasteiger partial charge in [-0.3, -0.25) is 9.69 Å². The van der Waals surface area contributed by atoms with Gasteiger partial charge >= 0.3 is 0 Å². The topological polar surface area (TPSA) is 32.8 Å². The zero-order valence-electron chi connectivity index (χ0n) is 12.6. The second-order valence-corrected chi connectivity index (χ2v) is 6.47. The Morgan fingerprint density at radius 3 is 2.95 bits per heavy atom. The lowest BCUT2D eigenvalue weighted by Crippen LogP contribution is -2.42. The first-order valence-corrected chi connectivity index (χ1v) is 7.98. The van der Waals surface area contributed by atoms with Gasteiger partial charge in [-0.25, -0.2) is 4.39 Å². The van der Waals surface area contributed by atoms with E-state index in [1.54, 1.807) is 11.0 Å². The molecule has 2 aliphatic heterocycles. The van der Waals surface area contributed by atoms with Crippen LogP contribution in [-0.4, -0.2) is 50.2 Å². The van der Waals surface area contributed by atoms with E-state index >= 15 is 0 Å². The Morgan fingerprint density at radius 2 is 2.27 bits per heavy atom. The van der Waals surface area contributed by atoms with Crippen LogP contribution in [0.15, 0.2) is 18.2 Å². The molecule has 22 heavy (non-hydrogen) atoms. The van der Waals surface area contributed by atoms with E-state index in [4.69, 9.17) is 16.3 Å². The fraction of sp³-hybridized carbons (Fsp3) is 0.562. The number of carbonyl (C=O) groups excluding carboxylic acids is 1. The molecule has 0 aromatic heterocycles. The van der Waals surface area contributed by atoms with Crippen LogP contribution in [-0.2, 0) is 9.53 Å². The van der Waals surface area contributed by atoms with Crippen molar-refractivity contribution in [3.05, 3.63) is 29.0 Å². The molecule has 6 heteroatoms. The number of halogens is 2. The van der Waals surface area contributed by atoms with E-state index in [-0.39, 0.29) is 17.0 Å². The molecule has 2 fully saturated rings. The van der Waals surface area contributed by atoms with Gasteiger partial charge in [0.15, 0.2) is 0 Å². The molecule has 1 aromatic carbocycles. The van der Waals surface area contributed by atoms with E-state index in [0.29, 0.717) is 18.2 Å². The van der Waals surface area contributed by atoms with Crippen LogP contribution in [0, 0.1) is 11.7 Å². The Labute approximate surface area is 134 Å². The van der Waals surface area contributed by atoms with Crippen LogP contribution >= 0.6 is 11.6 Å². The summed E-state index contributed by atoms with van der Waals surface area (Å²) in [5.74, 6) is 0.0369. The largest absolute Gasteiger partial charge is 0.381 e. The first-order valence-electron chi connectivity index (χ1n) is 7.60. The molecule has 4 nitrogen and oxygen atoms in total. The minimum Gasteiger partial charge on any atom is -0.381 e. The highest BCUT2D eigenvalue weighted by Crippen LogP contribution is 2.28. The Bertz CT molecular complexity index is 563. The van der Waals surface area contributed by atoms with Crippen LogP contribution in [0.3, 0.4) is 0 Å². The Balaban J connectivity index is 1.67. The summed E-state index contributed by atoms with van der Waals surface area (Å²) in [4.78, 5) is 16.4. The number of benzene rings is 1. The van der Waals surface area contributed by atoms with Gasteiger partial charge in [0.1, 0.15) is 5.82 Å². The number of hydrogen-bond acceptors (Lipinski definition) is 3. The average molecular weight is 327 g/mol. The quantitative estimate of drug-likeness (QED) is 0.852. The monoisotopic (exact) mass is 326 g/mol. The van der Waals surface area contributed by atoms with Gasteiger partial charge in [-0.1, -0.05) is 11.6 Å². The number of likely N-dealkylation sites (N-methyl/N-ethyl adjacent to an activating group) is 1. The molecule has 3 rings (SSSR count). The van der Waals surface area contributed by atoms with Crippen molar-refractivity contribution in [2.45, 2.75) is 18.9 Å². The van der Waals surface area contributed by atoms with Crippen molar-refractivity contribution in [1.82, 2.24) is 4.90 Å². The maximum Gasteiger partial charge on any atom is 0.244 e. The van der Waals surface area contributed by atoms with E-state index in [2.05, 4.69) is 4.90 Å². The van der Waals surface area contributed by atoms with Gasteiger partial charge in [0.2, 0.25) is 5.91 Å². The number of ether oxygens (including phenoxy) is 1. The summed E-state index contributed by atoms with van der Waals surface area (Å²) in [6.07, 6.45) is 1.81. The summed E-state index contributed by atoms with van der Waals surface area (Å²) >= 11 is 5.70. The van der Waals surface area contributed by atoms with Crippen LogP contribution in [0.2, 0.25) is 5.02 Å². The standard InChI is InChI=1S/C16H20ClFN2O2/c1-19(9-11-5-7-22-10-11)15-4-6-20(16(15)21)12-2-3-13(17)14(18)8-12/h2-3,8,11,15H,4-7,9-10H2,1H3. The molecule has 120 valence electrons. The van der Waals surface area contributed by atoms with Gasteiger partial charge in [0.05, 0.1) is 17.7 Å². The summed E-state index contributed by atoms with van der Waals surface area (Å²) in [5, 5.41) is 0.0743. The Kier molecular flexibility index (Phi) is 4.66. The minimum atomic E-state index is -0.494. The fourth-order valence-corrected chi connectivity index (χ4v) is 3.36. The first kappa shape index (κ1) is 15.7. The van der Waals surface area contributed by atoms with Crippen molar-refractivity contribution in [3.8, 4) is 0 Å². The van der Waals surface area contributed by atoms with Crippen LogP contribution in [0.4, 0.5) is 10.1 Å². The molecule has 1 aromatic rings. The highest BCUT2D eigenvalue weighted by molar-refractivity contribution is 6.30. The van der Waals surface area contributed by atoms with Crippen molar-refractivity contribution in [2.75, 3.05) is 38.3 Å². The van der Waals surface area contributed by atoms with Crippen molar-refractivity contribution >= 4 is 23.2 Å². The molecule has 2 unspecified atom stereocenters. The van der Waals surface area contributed by atoms with E-state index in [9.17, 15) is 9.18 Å². The fourth-order valence-electron chi connectivity index (χ4n) is 3.24. The summed E-state index contributed by atoms with van der Waals surface area (Å²) in [6.45, 7) is 3.06. The summed E-state index contributed by atoms with van der Waals surface area (Å²) in [6, 6.07) is 4.37. The summed E-state index contributed by atoms with van der Waals surface area (Å²) in [7, 11) is 1.98. The van der Waals surface area contributed by atoms with Crippen molar-refractivity contribution < 1.29 is 13.9 Å². The number of hydrogen-bond donors (Lipinski definition) is 0. The molecule has 0 aliphatic carbocycles. The van der Waals surface area contributed by atoms with Gasteiger partial charge in [0, 0.05) is 25.4 Å². The average Bonchev–Trinajstić information content (AvgIpc) is 3.11. The van der Waals surface area contributed by atoms with Crippen LogP contribution < -0.4 is 4.90 Å². The molecule has 0 saturated carbocycles. The van der Waals surface area contributed by atoms with Crippen molar-refractivity contribution in [3.63, 3.8) is 0 Å². The predicted molar refractivity (Wildman–Crippen MR) is 83.7 cm³/mol. The Hall–Kier alpha value is -1.17. The molecular weight excluding hydrogens is 307 g/mol. The molecule has 2 heterocycles. The van der Waals surface area contributed by atoms with E-state index < -0.39 is 5.82 Å². The molecule has 0 radical (unpaired) electrons. The highest BCUT2D eigenvalue weighted by atomic mass is 35.5. The normalized spacial score (nSPS) is 25.5. The van der Waals surface area contributed by atoms with E-state index in [1.807, 2.05) is 7.05 Å². The van der Waals surface area contributed by atoms with Crippen molar-refractivity contribution in [1.29, 1.82) is 0 Å². The highest BCUT2D eigenvalue weighted by Gasteiger charge is 2.36. The van der Waals surface area contributed by atoms with Gasteiger partial charge in [-0.15, -0.1) is 0 Å². The number of amides is 1. The predicted octanol–water partition coefficient (Wildman–Crippen LogP) is 2.55. The molecule has 1 amide bonds. The minimum absolute atomic E-state index is 0.0307. The maximum absolute atomic E-state index is 13.6. The molecule has 2 aliphatic rings. The third-order valence-electron chi connectivity index (χ3n) is 4.49. The third kappa shape index (κ3) is 3.12. The zero-order valence-corrected chi connectivity index (χ0v) is 13.4. The molecule has 2 atom stereocenters. The molecule has 0 spiro atoms. The lowest BCUT2D eigenvalue weighted by Gasteiger charge is -2.26.